The Balaban J connectivity index is 1.27. The number of hydrogen-bond acceptors (Lipinski definition) is 5. The van der Waals surface area contributed by atoms with Gasteiger partial charge in [0, 0.05) is 25.7 Å². The minimum atomic E-state index is -0.235. The van der Waals surface area contributed by atoms with Crippen LogP contribution in [0.15, 0.2) is 53.5 Å². The predicted molar refractivity (Wildman–Crippen MR) is 111 cm³/mol. The highest BCUT2D eigenvalue weighted by atomic mass is 16.5. The second-order valence-electron chi connectivity index (χ2n) is 7.35. The molecule has 30 heavy (non-hydrogen) atoms. The maximum absolute atomic E-state index is 12.4. The molecule has 0 bridgehead atoms. The van der Waals surface area contributed by atoms with Gasteiger partial charge < -0.3 is 10.1 Å². The molecule has 8 nitrogen and oxygen atoms in total. The van der Waals surface area contributed by atoms with Crippen molar-refractivity contribution in [3.63, 3.8) is 0 Å². The van der Waals surface area contributed by atoms with Crippen molar-refractivity contribution in [3.05, 3.63) is 76.2 Å². The summed E-state index contributed by atoms with van der Waals surface area (Å²) in [5.74, 6) is 1.29. The van der Waals surface area contributed by atoms with Crippen molar-refractivity contribution in [1.29, 1.82) is 0 Å². The summed E-state index contributed by atoms with van der Waals surface area (Å²) in [7, 11) is 0. The van der Waals surface area contributed by atoms with E-state index in [1.54, 1.807) is 10.8 Å². The summed E-state index contributed by atoms with van der Waals surface area (Å²) in [6.45, 7) is 1.40. The number of hydrogen-bond donors (Lipinski definition) is 1. The van der Waals surface area contributed by atoms with Gasteiger partial charge in [-0.05, 0) is 42.7 Å². The number of aryl methyl sites for hydroxylation is 1. The number of rotatable bonds is 7. The van der Waals surface area contributed by atoms with Crippen molar-refractivity contribution in [2.75, 3.05) is 0 Å². The van der Waals surface area contributed by atoms with E-state index in [4.69, 9.17) is 4.74 Å². The van der Waals surface area contributed by atoms with Crippen LogP contribution in [0.2, 0.25) is 0 Å². The van der Waals surface area contributed by atoms with Crippen LogP contribution in [0.1, 0.15) is 36.3 Å². The Bertz CT molecular complexity index is 1040. The molecule has 0 unspecified atom stereocenters. The van der Waals surface area contributed by atoms with Crippen molar-refractivity contribution >= 4 is 5.91 Å². The average molecular weight is 407 g/mol. The maximum atomic E-state index is 12.4. The first-order chi connectivity index (χ1) is 14.7. The van der Waals surface area contributed by atoms with Crippen LogP contribution < -0.4 is 15.7 Å². The molecule has 0 fully saturated rings. The number of benzene rings is 1. The highest BCUT2D eigenvalue weighted by Crippen LogP contribution is 2.14. The summed E-state index contributed by atoms with van der Waals surface area (Å²) >= 11 is 0. The number of aromatic nitrogens is 4. The lowest BCUT2D eigenvalue weighted by Crippen LogP contribution is -2.33. The minimum absolute atomic E-state index is 0.0654. The van der Waals surface area contributed by atoms with E-state index in [0.717, 1.165) is 48.5 Å². The number of carbonyl (C=O) groups excluding carboxylic acids is 1. The van der Waals surface area contributed by atoms with E-state index < -0.39 is 0 Å². The van der Waals surface area contributed by atoms with E-state index in [-0.39, 0.29) is 18.1 Å². The number of amides is 1. The highest BCUT2D eigenvalue weighted by molar-refractivity contribution is 5.75. The van der Waals surface area contributed by atoms with Gasteiger partial charge in [-0.1, -0.05) is 24.6 Å². The molecule has 0 saturated carbocycles. The standard InChI is InChI=1S/C22H25N5O3/c28-21(15-27-22(29)26-13-5-1-2-7-20(26)25-27)24-14-17-8-10-19(11-9-17)30-16-18-6-3-4-12-23-18/h3-4,6,8-12H,1-2,5,7,13-16H2,(H,24,28). The molecule has 0 radical (unpaired) electrons. The molecule has 8 heteroatoms. The smallest absolute Gasteiger partial charge is 0.346 e. The molecule has 2 aromatic heterocycles. The zero-order chi connectivity index (χ0) is 20.8. The number of ether oxygens (including phenoxy) is 1. The SMILES string of the molecule is O=C(Cn1nc2n(c1=O)CCCCC2)NCc1ccc(OCc2ccccn2)cc1. The third-order valence-corrected chi connectivity index (χ3v) is 5.10. The van der Waals surface area contributed by atoms with Gasteiger partial charge in [0.2, 0.25) is 5.91 Å². The zero-order valence-corrected chi connectivity index (χ0v) is 16.8. The lowest BCUT2D eigenvalue weighted by atomic mass is 10.2. The molecular weight excluding hydrogens is 382 g/mol. The number of pyridine rings is 1. The van der Waals surface area contributed by atoms with Crippen molar-refractivity contribution in [2.24, 2.45) is 0 Å². The fourth-order valence-electron chi connectivity index (χ4n) is 3.47. The molecule has 1 aliphatic rings. The van der Waals surface area contributed by atoms with Crippen molar-refractivity contribution in [2.45, 2.75) is 51.9 Å². The molecule has 0 atom stereocenters. The third kappa shape index (κ3) is 4.94. The van der Waals surface area contributed by atoms with Gasteiger partial charge in [0.1, 0.15) is 24.7 Å². The Morgan fingerprint density at radius 1 is 1.10 bits per heavy atom. The molecule has 4 rings (SSSR count). The summed E-state index contributed by atoms with van der Waals surface area (Å²) in [5.41, 5.74) is 1.61. The summed E-state index contributed by atoms with van der Waals surface area (Å²) in [6.07, 6.45) is 5.64. The normalized spacial score (nSPS) is 13.3. The first kappa shape index (κ1) is 19.9. The van der Waals surface area contributed by atoms with Crippen LogP contribution in [0.3, 0.4) is 0 Å². The number of nitrogens with zero attached hydrogens (tertiary/aromatic N) is 4. The number of nitrogens with one attached hydrogen (secondary N) is 1. The molecule has 0 saturated heterocycles. The lowest BCUT2D eigenvalue weighted by molar-refractivity contribution is -0.122. The van der Waals surface area contributed by atoms with Crippen LogP contribution in [0, 0.1) is 0 Å². The second-order valence-corrected chi connectivity index (χ2v) is 7.35. The Kier molecular flexibility index (Phi) is 6.22. The predicted octanol–water partition coefficient (Wildman–Crippen LogP) is 2.06. The zero-order valence-electron chi connectivity index (χ0n) is 16.8. The van der Waals surface area contributed by atoms with E-state index in [0.29, 0.717) is 19.7 Å². The third-order valence-electron chi connectivity index (χ3n) is 5.10. The first-order valence-electron chi connectivity index (χ1n) is 10.2. The summed E-state index contributed by atoms with van der Waals surface area (Å²) in [6, 6.07) is 13.2. The maximum Gasteiger partial charge on any atom is 0.346 e. The van der Waals surface area contributed by atoms with Crippen LogP contribution in [0.4, 0.5) is 0 Å². The van der Waals surface area contributed by atoms with Gasteiger partial charge in [-0.15, -0.1) is 0 Å². The van der Waals surface area contributed by atoms with Crippen molar-refractivity contribution < 1.29 is 9.53 Å². The molecular formula is C22H25N5O3. The van der Waals surface area contributed by atoms with Gasteiger partial charge >= 0.3 is 5.69 Å². The molecule has 0 aliphatic carbocycles. The molecule has 1 aromatic carbocycles. The van der Waals surface area contributed by atoms with Crippen LogP contribution in [0.5, 0.6) is 5.75 Å². The van der Waals surface area contributed by atoms with E-state index in [1.807, 2.05) is 42.5 Å². The number of carbonyl (C=O) groups is 1. The molecule has 1 aliphatic heterocycles. The van der Waals surface area contributed by atoms with Gasteiger partial charge in [0.25, 0.3) is 0 Å². The Labute approximate surface area is 174 Å². The monoisotopic (exact) mass is 407 g/mol. The van der Waals surface area contributed by atoms with E-state index in [1.165, 1.54) is 4.68 Å². The van der Waals surface area contributed by atoms with Crippen molar-refractivity contribution in [1.82, 2.24) is 24.6 Å². The van der Waals surface area contributed by atoms with Gasteiger partial charge in [-0.25, -0.2) is 9.48 Å². The van der Waals surface area contributed by atoms with Gasteiger partial charge in [-0.3, -0.25) is 14.3 Å². The molecule has 1 amide bonds. The Hall–Kier alpha value is -3.42. The second kappa shape index (κ2) is 9.39. The number of fused-ring (bicyclic) bond motifs is 1. The quantitative estimate of drug-likeness (QED) is 0.647. The fourth-order valence-corrected chi connectivity index (χ4v) is 3.47. The fraction of sp³-hybridized carbons (Fsp3) is 0.364. The van der Waals surface area contributed by atoms with E-state index in [9.17, 15) is 9.59 Å². The molecule has 3 aromatic rings. The van der Waals surface area contributed by atoms with Crippen LogP contribution in [-0.2, 0) is 37.5 Å². The van der Waals surface area contributed by atoms with E-state index in [2.05, 4.69) is 15.4 Å². The molecule has 0 spiro atoms. The highest BCUT2D eigenvalue weighted by Gasteiger charge is 2.17. The first-order valence-corrected chi connectivity index (χ1v) is 10.2. The van der Waals surface area contributed by atoms with Gasteiger partial charge in [0.05, 0.1) is 5.69 Å². The summed E-state index contributed by atoms with van der Waals surface area (Å²) < 4.78 is 8.68. The molecule has 1 N–H and O–H groups in total. The minimum Gasteiger partial charge on any atom is -0.487 e. The summed E-state index contributed by atoms with van der Waals surface area (Å²) in [5, 5.41) is 7.19. The van der Waals surface area contributed by atoms with Crippen LogP contribution in [-0.4, -0.2) is 25.2 Å². The summed E-state index contributed by atoms with van der Waals surface area (Å²) in [4.78, 5) is 29.0. The average Bonchev–Trinajstić information content (AvgIpc) is 2.93. The van der Waals surface area contributed by atoms with Gasteiger partial charge in [0.15, 0.2) is 0 Å². The van der Waals surface area contributed by atoms with Gasteiger partial charge in [-0.2, -0.15) is 5.10 Å². The molecule has 3 heterocycles. The van der Waals surface area contributed by atoms with Crippen LogP contribution >= 0.6 is 0 Å². The van der Waals surface area contributed by atoms with Crippen molar-refractivity contribution in [3.8, 4) is 5.75 Å². The molecule has 156 valence electrons. The Morgan fingerprint density at radius 3 is 2.77 bits per heavy atom. The Morgan fingerprint density at radius 2 is 1.97 bits per heavy atom. The van der Waals surface area contributed by atoms with Crippen LogP contribution in [0.25, 0.3) is 0 Å². The lowest BCUT2D eigenvalue weighted by Gasteiger charge is -2.08. The largest absolute Gasteiger partial charge is 0.487 e. The van der Waals surface area contributed by atoms with E-state index >= 15 is 0 Å². The topological polar surface area (TPSA) is 91.0 Å².